The van der Waals surface area contributed by atoms with Gasteiger partial charge in [-0.25, -0.2) is 9.97 Å². The Hall–Kier alpha value is -1.67. The zero-order valence-electron chi connectivity index (χ0n) is 10.8. The van der Waals surface area contributed by atoms with Crippen LogP contribution < -0.4 is 5.32 Å². The Morgan fingerprint density at radius 1 is 1.45 bits per heavy atom. The van der Waals surface area contributed by atoms with Gasteiger partial charge < -0.3 is 10.4 Å². The molecule has 2 heterocycles. The highest BCUT2D eigenvalue weighted by atomic mass is 32.2. The number of rotatable bonds is 6. The zero-order chi connectivity index (χ0) is 14.5. The number of nitrogens with zero attached hydrogens (tertiary/aromatic N) is 2. The van der Waals surface area contributed by atoms with E-state index >= 15 is 0 Å². The molecule has 0 radical (unpaired) electrons. The summed E-state index contributed by atoms with van der Waals surface area (Å²) in [6.45, 7) is 1.67. The van der Waals surface area contributed by atoms with Crippen LogP contribution in [0.25, 0.3) is 10.2 Å². The molecule has 106 valence electrons. The Bertz CT molecular complexity index is 642. The van der Waals surface area contributed by atoms with E-state index < -0.39 is 5.97 Å². The molecule has 2 aromatic heterocycles. The molecule has 0 spiro atoms. The SMILES string of the molecule is Cc1cc2c(SCCC(=O)NCC(=O)O)ncnc2s1. The van der Waals surface area contributed by atoms with E-state index in [-0.39, 0.29) is 18.9 Å². The minimum Gasteiger partial charge on any atom is -0.480 e. The van der Waals surface area contributed by atoms with Crippen LogP contribution >= 0.6 is 23.1 Å². The molecule has 2 rings (SSSR count). The fourth-order valence-electron chi connectivity index (χ4n) is 1.57. The van der Waals surface area contributed by atoms with Crippen molar-refractivity contribution in [3.05, 3.63) is 17.3 Å². The van der Waals surface area contributed by atoms with Crippen LogP contribution in [-0.4, -0.2) is 39.2 Å². The van der Waals surface area contributed by atoms with Crippen molar-refractivity contribution in [3.63, 3.8) is 0 Å². The first kappa shape index (κ1) is 14.7. The molecule has 6 nitrogen and oxygen atoms in total. The van der Waals surface area contributed by atoms with Crippen molar-refractivity contribution in [2.24, 2.45) is 0 Å². The van der Waals surface area contributed by atoms with E-state index in [0.717, 1.165) is 15.2 Å². The quantitative estimate of drug-likeness (QED) is 0.623. The average molecular weight is 311 g/mol. The normalized spacial score (nSPS) is 10.7. The number of aliphatic carboxylic acids is 1. The number of thiophene rings is 1. The van der Waals surface area contributed by atoms with E-state index in [4.69, 9.17) is 5.11 Å². The fourth-order valence-corrected chi connectivity index (χ4v) is 3.40. The Morgan fingerprint density at radius 3 is 3.00 bits per heavy atom. The van der Waals surface area contributed by atoms with Gasteiger partial charge in [0.1, 0.15) is 22.7 Å². The Kier molecular flexibility index (Phi) is 4.91. The molecule has 0 fully saturated rings. The standard InChI is InChI=1S/C12H13N3O3S2/c1-7-4-8-11(14-6-15-12(8)20-7)19-3-2-9(16)13-5-10(17)18/h4,6H,2-3,5H2,1H3,(H,13,16)(H,17,18). The van der Waals surface area contributed by atoms with E-state index in [1.165, 1.54) is 23.0 Å². The van der Waals surface area contributed by atoms with Crippen molar-refractivity contribution in [1.29, 1.82) is 0 Å². The molecular weight excluding hydrogens is 298 g/mol. The molecular formula is C12H13N3O3S2. The lowest BCUT2D eigenvalue weighted by atomic mass is 10.4. The Balaban J connectivity index is 1.90. The highest BCUT2D eigenvalue weighted by Gasteiger charge is 2.09. The second-order valence-corrected chi connectivity index (χ2v) is 6.34. The number of carboxylic acids is 1. The summed E-state index contributed by atoms with van der Waals surface area (Å²) in [7, 11) is 0. The van der Waals surface area contributed by atoms with Crippen LogP contribution in [0.4, 0.5) is 0 Å². The molecule has 0 aliphatic heterocycles. The minimum atomic E-state index is -1.04. The topological polar surface area (TPSA) is 92.2 Å². The van der Waals surface area contributed by atoms with Crippen molar-refractivity contribution in [2.45, 2.75) is 18.4 Å². The molecule has 0 atom stereocenters. The van der Waals surface area contributed by atoms with Gasteiger partial charge in [-0.05, 0) is 13.0 Å². The van der Waals surface area contributed by atoms with Crippen molar-refractivity contribution >= 4 is 45.2 Å². The van der Waals surface area contributed by atoms with Crippen LogP contribution in [0.15, 0.2) is 17.4 Å². The van der Waals surface area contributed by atoms with E-state index in [1.807, 2.05) is 13.0 Å². The third kappa shape index (κ3) is 3.91. The number of hydrogen-bond acceptors (Lipinski definition) is 6. The molecule has 0 aliphatic rings. The second-order valence-electron chi connectivity index (χ2n) is 4.02. The number of aromatic nitrogens is 2. The van der Waals surface area contributed by atoms with Crippen LogP contribution in [-0.2, 0) is 9.59 Å². The van der Waals surface area contributed by atoms with E-state index in [9.17, 15) is 9.59 Å². The molecule has 1 amide bonds. The molecule has 0 aliphatic carbocycles. The van der Waals surface area contributed by atoms with Gasteiger partial charge in [0.15, 0.2) is 0 Å². The second kappa shape index (κ2) is 6.67. The van der Waals surface area contributed by atoms with Crippen LogP contribution in [0.1, 0.15) is 11.3 Å². The predicted octanol–water partition coefficient (Wildman–Crippen LogP) is 1.68. The number of carboxylic acid groups (broad SMARTS) is 1. The number of aryl methyl sites for hydroxylation is 1. The number of hydrogen-bond donors (Lipinski definition) is 2. The van der Waals surface area contributed by atoms with E-state index in [2.05, 4.69) is 15.3 Å². The third-order valence-electron chi connectivity index (χ3n) is 2.42. The Labute approximate surface area is 123 Å². The van der Waals surface area contributed by atoms with Gasteiger partial charge in [-0.1, -0.05) is 0 Å². The van der Waals surface area contributed by atoms with Gasteiger partial charge in [0.05, 0.1) is 0 Å². The van der Waals surface area contributed by atoms with Crippen molar-refractivity contribution < 1.29 is 14.7 Å². The summed E-state index contributed by atoms with van der Waals surface area (Å²) >= 11 is 3.08. The van der Waals surface area contributed by atoms with Gasteiger partial charge in [-0.2, -0.15) is 0 Å². The van der Waals surface area contributed by atoms with Gasteiger partial charge in [-0.3, -0.25) is 9.59 Å². The van der Waals surface area contributed by atoms with Crippen LogP contribution in [0.2, 0.25) is 0 Å². The number of nitrogens with one attached hydrogen (secondary N) is 1. The molecule has 0 saturated carbocycles. The van der Waals surface area contributed by atoms with Gasteiger partial charge >= 0.3 is 5.97 Å². The molecule has 0 bridgehead atoms. The number of carbonyl (C=O) groups excluding carboxylic acids is 1. The first-order valence-electron chi connectivity index (χ1n) is 5.88. The van der Waals surface area contributed by atoms with Gasteiger partial charge in [0.2, 0.25) is 5.91 Å². The molecule has 2 N–H and O–H groups in total. The zero-order valence-corrected chi connectivity index (χ0v) is 12.4. The summed E-state index contributed by atoms with van der Waals surface area (Å²) in [6, 6.07) is 2.03. The summed E-state index contributed by atoms with van der Waals surface area (Å²) in [6.07, 6.45) is 1.78. The van der Waals surface area contributed by atoms with Gasteiger partial charge in [0, 0.05) is 22.4 Å². The fraction of sp³-hybridized carbons (Fsp3) is 0.333. The van der Waals surface area contributed by atoms with Crippen LogP contribution in [0.3, 0.4) is 0 Å². The third-order valence-corrected chi connectivity index (χ3v) is 4.39. The summed E-state index contributed by atoms with van der Waals surface area (Å²) < 4.78 is 0. The maximum Gasteiger partial charge on any atom is 0.322 e. The lowest BCUT2D eigenvalue weighted by Gasteiger charge is -2.03. The predicted molar refractivity (Wildman–Crippen MR) is 78.1 cm³/mol. The molecule has 8 heteroatoms. The number of fused-ring (bicyclic) bond motifs is 1. The van der Waals surface area contributed by atoms with Gasteiger partial charge in [0.25, 0.3) is 0 Å². The summed E-state index contributed by atoms with van der Waals surface area (Å²) in [5.41, 5.74) is 0. The lowest BCUT2D eigenvalue weighted by molar-refractivity contribution is -0.137. The van der Waals surface area contributed by atoms with Gasteiger partial charge in [-0.15, -0.1) is 23.1 Å². The highest BCUT2D eigenvalue weighted by Crippen LogP contribution is 2.30. The van der Waals surface area contributed by atoms with E-state index in [1.54, 1.807) is 11.3 Å². The number of carbonyl (C=O) groups is 2. The highest BCUT2D eigenvalue weighted by molar-refractivity contribution is 7.99. The number of thioether (sulfide) groups is 1. The lowest BCUT2D eigenvalue weighted by Crippen LogP contribution is -2.29. The van der Waals surface area contributed by atoms with Crippen LogP contribution in [0.5, 0.6) is 0 Å². The van der Waals surface area contributed by atoms with E-state index in [0.29, 0.717) is 5.75 Å². The maximum atomic E-state index is 11.4. The molecule has 20 heavy (non-hydrogen) atoms. The Morgan fingerprint density at radius 2 is 2.25 bits per heavy atom. The smallest absolute Gasteiger partial charge is 0.322 e. The average Bonchev–Trinajstić information content (AvgIpc) is 2.77. The van der Waals surface area contributed by atoms with Crippen molar-refractivity contribution in [2.75, 3.05) is 12.3 Å². The maximum absolute atomic E-state index is 11.4. The molecule has 0 unspecified atom stereocenters. The first-order valence-corrected chi connectivity index (χ1v) is 7.69. The summed E-state index contributed by atoms with van der Waals surface area (Å²) in [5, 5.41) is 12.6. The minimum absolute atomic E-state index is 0.257. The largest absolute Gasteiger partial charge is 0.480 e. The van der Waals surface area contributed by atoms with Crippen molar-refractivity contribution in [3.8, 4) is 0 Å². The monoisotopic (exact) mass is 311 g/mol. The summed E-state index contributed by atoms with van der Waals surface area (Å²) in [5.74, 6) is -0.768. The molecule has 0 aromatic carbocycles. The first-order chi connectivity index (χ1) is 9.56. The molecule has 0 saturated heterocycles. The van der Waals surface area contributed by atoms with Crippen LogP contribution in [0, 0.1) is 6.92 Å². The van der Waals surface area contributed by atoms with Crippen molar-refractivity contribution in [1.82, 2.24) is 15.3 Å². The molecule has 2 aromatic rings. The number of amides is 1. The summed E-state index contributed by atoms with van der Waals surface area (Å²) in [4.78, 5) is 32.2.